The van der Waals surface area contributed by atoms with Crippen LogP contribution in [0.3, 0.4) is 0 Å². The molecule has 192 valence electrons. The van der Waals surface area contributed by atoms with Crippen LogP contribution in [0.4, 0.5) is 10.5 Å². The van der Waals surface area contributed by atoms with Crippen molar-refractivity contribution < 1.29 is 19.1 Å². The van der Waals surface area contributed by atoms with E-state index in [1.165, 1.54) is 12.1 Å². The lowest BCUT2D eigenvalue weighted by molar-refractivity contribution is -0.122. The van der Waals surface area contributed by atoms with Crippen molar-refractivity contribution in [3.8, 4) is 5.75 Å². The highest BCUT2D eigenvalue weighted by atomic mass is 35.5. The molecule has 0 atom stereocenters. The number of fused-ring (bicyclic) bond motifs is 1. The number of halogens is 1. The zero-order valence-corrected chi connectivity index (χ0v) is 21.8. The smallest absolute Gasteiger partial charge is 0.335 e. The standard InChI is InChI=1S/C30H26ClN3O4/c1-19-7-5-8-23(15-19)38-14-6-13-33-18-21(24-9-3-4-10-27(24)33)16-25-28(35)32-30(37)34(29(25)36)22-12-11-20(2)26(31)17-22/h3-5,7-12,15-18H,6,13-14H2,1-2H3,(H,32,35,37)/b25-16+. The van der Waals surface area contributed by atoms with E-state index in [9.17, 15) is 14.4 Å². The molecule has 2 heterocycles. The monoisotopic (exact) mass is 527 g/mol. The first-order valence-electron chi connectivity index (χ1n) is 12.3. The third kappa shape index (κ3) is 5.06. The Bertz CT molecular complexity index is 1600. The summed E-state index contributed by atoms with van der Waals surface area (Å²) in [5.41, 5.74) is 3.78. The number of anilines is 1. The number of carbonyl (C=O) groups excluding carboxylic acids is 3. The third-order valence-electron chi connectivity index (χ3n) is 6.44. The second-order valence-electron chi connectivity index (χ2n) is 9.20. The van der Waals surface area contributed by atoms with Gasteiger partial charge in [-0.05, 0) is 67.8 Å². The van der Waals surface area contributed by atoms with E-state index in [4.69, 9.17) is 16.3 Å². The van der Waals surface area contributed by atoms with Crippen molar-refractivity contribution in [3.05, 3.63) is 100 Å². The Morgan fingerprint density at radius 1 is 0.974 bits per heavy atom. The summed E-state index contributed by atoms with van der Waals surface area (Å²) in [6, 6.07) is 19.8. The van der Waals surface area contributed by atoms with Crippen LogP contribution in [0, 0.1) is 13.8 Å². The summed E-state index contributed by atoms with van der Waals surface area (Å²) < 4.78 is 7.97. The summed E-state index contributed by atoms with van der Waals surface area (Å²) in [4.78, 5) is 39.6. The molecular formula is C30H26ClN3O4. The molecule has 1 saturated heterocycles. The zero-order valence-electron chi connectivity index (χ0n) is 21.0. The maximum atomic E-state index is 13.4. The molecule has 1 aliphatic rings. The molecule has 0 radical (unpaired) electrons. The van der Waals surface area contributed by atoms with E-state index < -0.39 is 17.8 Å². The van der Waals surface area contributed by atoms with E-state index in [-0.39, 0.29) is 11.3 Å². The predicted molar refractivity (Wildman–Crippen MR) is 148 cm³/mol. The van der Waals surface area contributed by atoms with Gasteiger partial charge in [-0.3, -0.25) is 14.9 Å². The Labute approximate surface area is 225 Å². The first kappa shape index (κ1) is 25.3. The molecule has 1 fully saturated rings. The van der Waals surface area contributed by atoms with Crippen molar-refractivity contribution in [2.75, 3.05) is 11.5 Å². The normalized spacial score (nSPS) is 14.9. The van der Waals surface area contributed by atoms with Crippen molar-refractivity contribution in [1.82, 2.24) is 9.88 Å². The molecule has 4 aromatic rings. The Morgan fingerprint density at radius 2 is 1.79 bits per heavy atom. The molecular weight excluding hydrogens is 502 g/mol. The molecule has 0 saturated carbocycles. The van der Waals surface area contributed by atoms with Crippen molar-refractivity contribution in [2.45, 2.75) is 26.8 Å². The van der Waals surface area contributed by atoms with Gasteiger partial charge in [0, 0.05) is 34.2 Å². The van der Waals surface area contributed by atoms with Gasteiger partial charge in [-0.25, -0.2) is 9.69 Å². The van der Waals surface area contributed by atoms with Crippen LogP contribution < -0.4 is 15.0 Å². The highest BCUT2D eigenvalue weighted by molar-refractivity contribution is 6.39. The summed E-state index contributed by atoms with van der Waals surface area (Å²) >= 11 is 6.22. The van der Waals surface area contributed by atoms with E-state index in [0.29, 0.717) is 23.7 Å². The van der Waals surface area contributed by atoms with Crippen LogP contribution in [0.1, 0.15) is 23.1 Å². The fraction of sp³-hybridized carbons (Fsp3) is 0.167. The summed E-state index contributed by atoms with van der Waals surface area (Å²) in [6.45, 7) is 5.08. The lowest BCUT2D eigenvalue weighted by atomic mass is 10.1. The van der Waals surface area contributed by atoms with Crippen molar-refractivity contribution in [1.29, 1.82) is 0 Å². The SMILES string of the molecule is Cc1cccc(OCCCn2cc(/C=C3\C(=O)NC(=O)N(c4ccc(C)c(Cl)c4)C3=O)c3ccccc32)c1. The topological polar surface area (TPSA) is 80.6 Å². The molecule has 5 rings (SSSR count). The molecule has 7 nitrogen and oxygen atoms in total. The summed E-state index contributed by atoms with van der Waals surface area (Å²) in [6.07, 6.45) is 4.21. The number of hydrogen-bond acceptors (Lipinski definition) is 4. The molecule has 8 heteroatoms. The number of nitrogens with zero attached hydrogens (tertiary/aromatic N) is 2. The molecule has 1 aliphatic heterocycles. The van der Waals surface area contributed by atoms with Crippen molar-refractivity contribution in [3.63, 3.8) is 0 Å². The summed E-state index contributed by atoms with van der Waals surface area (Å²) in [5, 5.41) is 3.58. The number of carbonyl (C=O) groups is 3. The number of barbiturate groups is 1. The van der Waals surface area contributed by atoms with Gasteiger partial charge < -0.3 is 9.30 Å². The lowest BCUT2D eigenvalue weighted by Gasteiger charge is -2.26. The van der Waals surface area contributed by atoms with Gasteiger partial charge in [0.15, 0.2) is 0 Å². The number of rotatable bonds is 7. The average molecular weight is 528 g/mol. The molecule has 0 aliphatic carbocycles. The van der Waals surface area contributed by atoms with Gasteiger partial charge in [0.1, 0.15) is 11.3 Å². The van der Waals surface area contributed by atoms with Crippen molar-refractivity contribution in [2.24, 2.45) is 0 Å². The van der Waals surface area contributed by atoms with Crippen molar-refractivity contribution >= 4 is 52.1 Å². The molecule has 0 unspecified atom stereocenters. The fourth-order valence-electron chi connectivity index (χ4n) is 4.47. The van der Waals surface area contributed by atoms with Gasteiger partial charge in [0.25, 0.3) is 11.8 Å². The maximum absolute atomic E-state index is 13.4. The lowest BCUT2D eigenvalue weighted by Crippen LogP contribution is -2.54. The minimum Gasteiger partial charge on any atom is -0.494 e. The van der Waals surface area contributed by atoms with Crippen LogP contribution in [0.5, 0.6) is 5.75 Å². The number of urea groups is 1. The Kier molecular flexibility index (Phi) is 7.03. The number of ether oxygens (including phenoxy) is 1. The molecule has 3 aromatic carbocycles. The van der Waals surface area contributed by atoms with Gasteiger partial charge in [0.2, 0.25) is 0 Å². The Morgan fingerprint density at radius 3 is 2.58 bits per heavy atom. The second-order valence-corrected chi connectivity index (χ2v) is 9.61. The Hall–Kier alpha value is -4.36. The number of amides is 4. The maximum Gasteiger partial charge on any atom is 0.335 e. The predicted octanol–water partition coefficient (Wildman–Crippen LogP) is 6.05. The number of hydrogen-bond donors (Lipinski definition) is 1. The van der Waals surface area contributed by atoms with Crippen LogP contribution in [-0.2, 0) is 16.1 Å². The van der Waals surface area contributed by atoms with Crippen LogP contribution in [0.15, 0.2) is 78.5 Å². The highest BCUT2D eigenvalue weighted by Gasteiger charge is 2.37. The number of aryl methyl sites for hydroxylation is 3. The van der Waals surface area contributed by atoms with E-state index in [1.54, 1.807) is 12.1 Å². The van der Waals surface area contributed by atoms with E-state index in [2.05, 4.69) is 9.88 Å². The van der Waals surface area contributed by atoms with Gasteiger partial charge >= 0.3 is 6.03 Å². The molecule has 4 amide bonds. The second kappa shape index (κ2) is 10.6. The summed E-state index contributed by atoms with van der Waals surface area (Å²) in [5.74, 6) is -0.608. The van der Waals surface area contributed by atoms with Crippen LogP contribution in [0.25, 0.3) is 17.0 Å². The van der Waals surface area contributed by atoms with Gasteiger partial charge in [-0.2, -0.15) is 0 Å². The van der Waals surface area contributed by atoms with Crippen LogP contribution in [-0.4, -0.2) is 29.0 Å². The van der Waals surface area contributed by atoms with E-state index >= 15 is 0 Å². The summed E-state index contributed by atoms with van der Waals surface area (Å²) in [7, 11) is 0. The minimum absolute atomic E-state index is 0.132. The first-order chi connectivity index (χ1) is 18.3. The van der Waals surface area contributed by atoms with E-state index in [0.717, 1.165) is 39.1 Å². The number of nitrogens with one attached hydrogen (secondary N) is 1. The number of para-hydroxylation sites is 1. The first-order valence-corrected chi connectivity index (χ1v) is 12.6. The van der Waals surface area contributed by atoms with Gasteiger partial charge in [-0.1, -0.05) is 48.0 Å². The highest BCUT2D eigenvalue weighted by Crippen LogP contribution is 2.29. The molecule has 1 aromatic heterocycles. The van der Waals surface area contributed by atoms with E-state index in [1.807, 2.05) is 68.6 Å². The van der Waals surface area contributed by atoms with Crippen LogP contribution in [0.2, 0.25) is 5.02 Å². The fourth-order valence-corrected chi connectivity index (χ4v) is 4.65. The third-order valence-corrected chi connectivity index (χ3v) is 6.84. The number of aromatic nitrogens is 1. The van der Waals surface area contributed by atoms with Gasteiger partial charge in [0.05, 0.1) is 12.3 Å². The quantitative estimate of drug-likeness (QED) is 0.180. The molecule has 38 heavy (non-hydrogen) atoms. The van der Waals surface area contributed by atoms with Gasteiger partial charge in [-0.15, -0.1) is 0 Å². The number of benzene rings is 3. The zero-order chi connectivity index (χ0) is 26.8. The Balaban J connectivity index is 1.41. The molecule has 1 N–H and O–H groups in total. The average Bonchev–Trinajstić information content (AvgIpc) is 3.24. The number of imide groups is 2. The largest absolute Gasteiger partial charge is 0.494 e. The molecule has 0 bridgehead atoms. The molecule has 0 spiro atoms. The van der Waals surface area contributed by atoms with Crippen LogP contribution >= 0.6 is 11.6 Å². The minimum atomic E-state index is -0.812.